The van der Waals surface area contributed by atoms with Crippen molar-refractivity contribution < 1.29 is 9.53 Å². The van der Waals surface area contributed by atoms with E-state index in [-0.39, 0.29) is 0 Å². The normalized spacial score (nSPS) is 10.7. The Morgan fingerprint density at radius 3 is 2.80 bits per heavy atom. The Morgan fingerprint density at radius 2 is 2.10 bits per heavy atom. The van der Waals surface area contributed by atoms with Crippen LogP contribution < -0.4 is 0 Å². The van der Waals surface area contributed by atoms with Crippen molar-refractivity contribution in [3.63, 3.8) is 0 Å². The van der Waals surface area contributed by atoms with Crippen LogP contribution in [0.4, 0.5) is 0 Å². The fourth-order valence-corrected chi connectivity index (χ4v) is 2.05. The highest BCUT2D eigenvalue weighted by Gasteiger charge is 2.14. The number of pyridine rings is 1. The van der Waals surface area contributed by atoms with E-state index in [9.17, 15) is 4.79 Å². The second-order valence-electron chi connectivity index (χ2n) is 4.47. The molecule has 3 rings (SSSR count). The van der Waals surface area contributed by atoms with Crippen molar-refractivity contribution >= 4 is 17.0 Å². The highest BCUT2D eigenvalue weighted by molar-refractivity contribution is 6.02. The lowest BCUT2D eigenvalue weighted by molar-refractivity contribution is 0.0603. The average molecular weight is 267 g/mol. The maximum absolute atomic E-state index is 11.7. The number of nitrogens with zero attached hydrogens (tertiary/aromatic N) is 2. The second kappa shape index (κ2) is 4.77. The van der Waals surface area contributed by atoms with E-state index in [4.69, 9.17) is 4.74 Å². The Bertz CT molecular complexity index is 775. The topological polar surface area (TPSA) is 67.9 Å². The van der Waals surface area contributed by atoms with E-state index in [0.29, 0.717) is 16.9 Å². The quantitative estimate of drug-likeness (QED) is 0.725. The maximum Gasteiger partial charge on any atom is 0.340 e. The molecule has 0 spiro atoms. The molecule has 2 aromatic heterocycles. The van der Waals surface area contributed by atoms with Gasteiger partial charge in [0.1, 0.15) is 11.3 Å². The van der Waals surface area contributed by atoms with E-state index >= 15 is 0 Å². The maximum atomic E-state index is 11.7. The van der Waals surface area contributed by atoms with Crippen LogP contribution in [0, 0.1) is 6.92 Å². The molecule has 3 aromatic rings. The molecule has 0 atom stereocenters. The number of ether oxygens (including phenoxy) is 1. The molecular weight excluding hydrogens is 254 g/mol. The first-order chi connectivity index (χ1) is 9.69. The summed E-state index contributed by atoms with van der Waals surface area (Å²) in [6.07, 6.45) is 1.75. The molecule has 0 saturated carbocycles. The minimum Gasteiger partial charge on any atom is -0.465 e. The Labute approximate surface area is 115 Å². The fraction of sp³-hybridized carbons (Fsp3) is 0.133. The molecule has 0 bridgehead atoms. The summed E-state index contributed by atoms with van der Waals surface area (Å²) in [5, 5.41) is 0. The molecule has 1 N–H and O–H groups in total. The van der Waals surface area contributed by atoms with E-state index < -0.39 is 5.97 Å². The van der Waals surface area contributed by atoms with Crippen LogP contribution in [0.1, 0.15) is 16.1 Å². The van der Waals surface area contributed by atoms with Crippen LogP contribution >= 0.6 is 0 Å². The highest BCUT2D eigenvalue weighted by atomic mass is 16.5. The van der Waals surface area contributed by atoms with Crippen molar-refractivity contribution in [1.29, 1.82) is 0 Å². The lowest BCUT2D eigenvalue weighted by Crippen LogP contribution is -2.01. The molecule has 0 aliphatic heterocycles. The summed E-state index contributed by atoms with van der Waals surface area (Å²) in [5.41, 5.74) is 3.67. The number of H-pyrrole nitrogens is 1. The molecule has 5 nitrogen and oxygen atoms in total. The van der Waals surface area contributed by atoms with Gasteiger partial charge in [0, 0.05) is 17.5 Å². The summed E-state index contributed by atoms with van der Waals surface area (Å²) in [5.74, 6) is 0.291. The number of carbonyl (C=O) groups is 1. The fourth-order valence-electron chi connectivity index (χ4n) is 2.05. The van der Waals surface area contributed by atoms with E-state index in [1.54, 1.807) is 18.3 Å². The Balaban J connectivity index is 2.15. The number of methoxy groups -OCH3 is 1. The molecule has 1 aromatic carbocycles. The number of aryl methyl sites for hydroxylation is 1. The van der Waals surface area contributed by atoms with Gasteiger partial charge in [0.05, 0.1) is 18.2 Å². The number of nitrogens with one attached hydrogen (secondary N) is 1. The number of hydrogen-bond acceptors (Lipinski definition) is 4. The molecule has 0 amide bonds. The number of fused-ring (bicyclic) bond motifs is 1. The Kier molecular flexibility index (Phi) is 2.95. The molecule has 2 heterocycles. The monoisotopic (exact) mass is 267 g/mol. The zero-order valence-electron chi connectivity index (χ0n) is 11.2. The van der Waals surface area contributed by atoms with E-state index in [1.165, 1.54) is 7.11 Å². The molecule has 0 radical (unpaired) electrons. The third-order valence-corrected chi connectivity index (χ3v) is 3.10. The van der Waals surface area contributed by atoms with Gasteiger partial charge < -0.3 is 9.72 Å². The van der Waals surface area contributed by atoms with Gasteiger partial charge in [-0.15, -0.1) is 0 Å². The first kappa shape index (κ1) is 12.3. The molecule has 20 heavy (non-hydrogen) atoms. The number of imidazole rings is 1. The molecular formula is C15H13N3O2. The van der Waals surface area contributed by atoms with Gasteiger partial charge in [0.25, 0.3) is 0 Å². The van der Waals surface area contributed by atoms with Crippen LogP contribution in [0.5, 0.6) is 0 Å². The van der Waals surface area contributed by atoms with Crippen molar-refractivity contribution in [2.75, 3.05) is 7.11 Å². The largest absolute Gasteiger partial charge is 0.465 e. The summed E-state index contributed by atoms with van der Waals surface area (Å²) in [6, 6.07) is 9.23. The Morgan fingerprint density at radius 1 is 1.25 bits per heavy atom. The van der Waals surface area contributed by atoms with E-state index in [2.05, 4.69) is 15.0 Å². The summed E-state index contributed by atoms with van der Waals surface area (Å²) in [4.78, 5) is 23.7. The van der Waals surface area contributed by atoms with Crippen molar-refractivity contribution in [3.05, 3.63) is 47.8 Å². The SMILES string of the molecule is COC(=O)c1cccc2[nH]c(-c3ccc(C)nc3)nc12. The third kappa shape index (κ3) is 2.03. The van der Waals surface area contributed by atoms with E-state index in [0.717, 1.165) is 16.8 Å². The number of carbonyl (C=O) groups excluding carboxylic acids is 1. The minimum atomic E-state index is -0.393. The zero-order chi connectivity index (χ0) is 14.1. The molecule has 0 aliphatic rings. The number of aromatic amines is 1. The van der Waals surface area contributed by atoms with Gasteiger partial charge in [-0.25, -0.2) is 9.78 Å². The van der Waals surface area contributed by atoms with Crippen LogP contribution in [0.25, 0.3) is 22.4 Å². The van der Waals surface area contributed by atoms with Crippen LogP contribution in [0.3, 0.4) is 0 Å². The summed E-state index contributed by atoms with van der Waals surface area (Å²) >= 11 is 0. The van der Waals surface area contributed by atoms with Crippen LogP contribution in [-0.2, 0) is 4.74 Å². The molecule has 0 fully saturated rings. The van der Waals surface area contributed by atoms with Crippen LogP contribution in [-0.4, -0.2) is 28.0 Å². The first-order valence-electron chi connectivity index (χ1n) is 6.19. The third-order valence-electron chi connectivity index (χ3n) is 3.10. The lowest BCUT2D eigenvalue weighted by atomic mass is 10.2. The number of hydrogen-bond donors (Lipinski definition) is 1. The van der Waals surface area contributed by atoms with Crippen molar-refractivity contribution in [3.8, 4) is 11.4 Å². The number of esters is 1. The average Bonchev–Trinajstić information content (AvgIpc) is 2.91. The number of rotatable bonds is 2. The van der Waals surface area contributed by atoms with Gasteiger partial charge in [-0.2, -0.15) is 0 Å². The van der Waals surface area contributed by atoms with Gasteiger partial charge in [-0.1, -0.05) is 6.07 Å². The summed E-state index contributed by atoms with van der Waals surface area (Å²) in [7, 11) is 1.36. The van der Waals surface area contributed by atoms with Crippen LogP contribution in [0.15, 0.2) is 36.5 Å². The van der Waals surface area contributed by atoms with Gasteiger partial charge in [-0.05, 0) is 31.2 Å². The summed E-state index contributed by atoms with van der Waals surface area (Å²) < 4.78 is 4.77. The molecule has 100 valence electrons. The number of benzene rings is 1. The number of aromatic nitrogens is 3. The smallest absolute Gasteiger partial charge is 0.340 e. The molecule has 0 unspecified atom stereocenters. The van der Waals surface area contributed by atoms with Crippen molar-refractivity contribution in [2.24, 2.45) is 0 Å². The predicted molar refractivity (Wildman–Crippen MR) is 75.4 cm³/mol. The standard InChI is InChI=1S/C15H13N3O2/c1-9-6-7-10(8-16-9)14-17-12-5-3-4-11(13(12)18-14)15(19)20-2/h3-8H,1-2H3,(H,17,18). The van der Waals surface area contributed by atoms with Gasteiger partial charge in [-0.3, -0.25) is 4.98 Å². The van der Waals surface area contributed by atoms with Gasteiger partial charge >= 0.3 is 5.97 Å². The lowest BCUT2D eigenvalue weighted by Gasteiger charge is -1.98. The molecule has 0 saturated heterocycles. The molecule has 5 heteroatoms. The van der Waals surface area contributed by atoms with Crippen molar-refractivity contribution in [2.45, 2.75) is 6.92 Å². The second-order valence-corrected chi connectivity index (χ2v) is 4.47. The van der Waals surface area contributed by atoms with Gasteiger partial charge in [0.2, 0.25) is 0 Å². The zero-order valence-corrected chi connectivity index (χ0v) is 11.2. The predicted octanol–water partition coefficient (Wildman–Crippen LogP) is 2.72. The van der Waals surface area contributed by atoms with Crippen molar-refractivity contribution in [1.82, 2.24) is 15.0 Å². The Hall–Kier alpha value is -2.69. The van der Waals surface area contributed by atoms with E-state index in [1.807, 2.05) is 25.1 Å². The minimum absolute atomic E-state index is 0.393. The van der Waals surface area contributed by atoms with Crippen LogP contribution in [0.2, 0.25) is 0 Å². The first-order valence-corrected chi connectivity index (χ1v) is 6.19. The summed E-state index contributed by atoms with van der Waals surface area (Å²) in [6.45, 7) is 1.93. The number of para-hydroxylation sites is 1. The highest BCUT2D eigenvalue weighted by Crippen LogP contribution is 2.22. The van der Waals surface area contributed by atoms with Gasteiger partial charge in [0.15, 0.2) is 0 Å². The molecule has 0 aliphatic carbocycles.